The number of carbonyl (C=O) groups excluding carboxylic acids is 1. The predicted octanol–water partition coefficient (Wildman–Crippen LogP) is 1.51. The molecule has 2 rings (SSSR count). The van der Waals surface area contributed by atoms with Crippen LogP contribution in [0.3, 0.4) is 0 Å². The number of hydrogen-bond acceptors (Lipinski definition) is 4. The molecular formula is C16H27N3O3. The summed E-state index contributed by atoms with van der Waals surface area (Å²) < 4.78 is 7.28. The molecule has 1 aliphatic rings. The van der Waals surface area contributed by atoms with Gasteiger partial charge in [0.2, 0.25) is 5.91 Å². The molecule has 0 spiro atoms. The fourth-order valence-electron chi connectivity index (χ4n) is 2.91. The molecule has 1 fully saturated rings. The molecule has 124 valence electrons. The number of hydrogen-bond donors (Lipinski definition) is 1. The number of rotatable bonds is 6. The standard InChI is InChI=1S/C16H27N3O3/c1-12(2)22-10-6-14(20)19-8-4-5-13(11-19)15(21)16-17-7-9-18(16)3/h7,9,12-13,15,21H,4-6,8,10-11H2,1-3H3. The number of aromatic nitrogens is 2. The van der Waals surface area contributed by atoms with Gasteiger partial charge < -0.3 is 19.3 Å². The van der Waals surface area contributed by atoms with Gasteiger partial charge >= 0.3 is 0 Å². The van der Waals surface area contributed by atoms with E-state index in [4.69, 9.17) is 4.74 Å². The van der Waals surface area contributed by atoms with Crippen molar-refractivity contribution in [3.8, 4) is 0 Å². The van der Waals surface area contributed by atoms with Crippen LogP contribution in [0.5, 0.6) is 0 Å². The summed E-state index contributed by atoms with van der Waals surface area (Å²) in [7, 11) is 1.88. The summed E-state index contributed by atoms with van der Waals surface area (Å²) in [6.07, 6.45) is 5.28. The molecule has 1 aromatic heterocycles. The van der Waals surface area contributed by atoms with Crippen molar-refractivity contribution >= 4 is 5.91 Å². The van der Waals surface area contributed by atoms with Gasteiger partial charge in [-0.3, -0.25) is 4.79 Å². The summed E-state index contributed by atoms with van der Waals surface area (Å²) in [6, 6.07) is 0. The Kier molecular flexibility index (Phi) is 5.97. The number of amides is 1. The molecule has 1 aromatic rings. The highest BCUT2D eigenvalue weighted by molar-refractivity contribution is 5.76. The van der Waals surface area contributed by atoms with Gasteiger partial charge in [0.1, 0.15) is 11.9 Å². The maximum Gasteiger partial charge on any atom is 0.224 e. The largest absolute Gasteiger partial charge is 0.385 e. The van der Waals surface area contributed by atoms with Crippen LogP contribution >= 0.6 is 0 Å². The van der Waals surface area contributed by atoms with Gasteiger partial charge in [0.15, 0.2) is 0 Å². The molecule has 0 saturated carbocycles. The third kappa shape index (κ3) is 4.30. The molecule has 22 heavy (non-hydrogen) atoms. The van der Waals surface area contributed by atoms with Gasteiger partial charge in [-0.15, -0.1) is 0 Å². The molecule has 1 N–H and O–H groups in total. The first-order chi connectivity index (χ1) is 10.5. The molecule has 0 aromatic carbocycles. The summed E-state index contributed by atoms with van der Waals surface area (Å²) in [6.45, 7) is 5.74. The lowest BCUT2D eigenvalue weighted by Gasteiger charge is -2.35. The SMILES string of the molecule is CC(C)OCCC(=O)N1CCCC(C(O)c2nccn2C)C1. The number of carbonyl (C=O) groups is 1. The van der Waals surface area contributed by atoms with Gasteiger partial charge in [-0.2, -0.15) is 0 Å². The number of imidazole rings is 1. The topological polar surface area (TPSA) is 67.6 Å². The molecule has 2 atom stereocenters. The minimum Gasteiger partial charge on any atom is -0.385 e. The number of aliphatic hydroxyl groups excluding tert-OH is 1. The van der Waals surface area contributed by atoms with Crippen molar-refractivity contribution in [2.45, 2.75) is 45.3 Å². The van der Waals surface area contributed by atoms with E-state index in [-0.39, 0.29) is 17.9 Å². The molecule has 2 heterocycles. The highest BCUT2D eigenvalue weighted by atomic mass is 16.5. The van der Waals surface area contributed by atoms with E-state index in [0.29, 0.717) is 25.4 Å². The van der Waals surface area contributed by atoms with Crippen LogP contribution in [0.1, 0.15) is 45.0 Å². The zero-order valence-electron chi connectivity index (χ0n) is 13.7. The lowest BCUT2D eigenvalue weighted by molar-refractivity contribution is -0.135. The summed E-state index contributed by atoms with van der Waals surface area (Å²) in [5.74, 6) is 0.824. The van der Waals surface area contributed by atoms with Gasteiger partial charge in [0, 0.05) is 38.4 Å². The molecule has 0 aliphatic carbocycles. The minimum atomic E-state index is -0.623. The molecule has 0 radical (unpaired) electrons. The van der Waals surface area contributed by atoms with Crippen LogP contribution in [0, 0.1) is 5.92 Å². The second kappa shape index (κ2) is 7.74. The van der Waals surface area contributed by atoms with E-state index < -0.39 is 6.10 Å². The van der Waals surface area contributed by atoms with Gasteiger partial charge in [-0.05, 0) is 26.7 Å². The Morgan fingerprint density at radius 2 is 2.32 bits per heavy atom. The average Bonchev–Trinajstić information content (AvgIpc) is 2.92. The van der Waals surface area contributed by atoms with Crippen LogP contribution in [0.4, 0.5) is 0 Å². The van der Waals surface area contributed by atoms with Crippen LogP contribution in [-0.4, -0.2) is 51.3 Å². The molecule has 6 nitrogen and oxygen atoms in total. The highest BCUT2D eigenvalue weighted by Gasteiger charge is 2.30. The third-order valence-corrected chi connectivity index (χ3v) is 4.15. The summed E-state index contributed by atoms with van der Waals surface area (Å²) >= 11 is 0. The van der Waals surface area contributed by atoms with Gasteiger partial charge in [-0.1, -0.05) is 0 Å². The minimum absolute atomic E-state index is 0.0461. The zero-order chi connectivity index (χ0) is 16.1. The maximum absolute atomic E-state index is 12.2. The Labute approximate surface area is 132 Å². The second-order valence-corrected chi connectivity index (χ2v) is 6.25. The average molecular weight is 309 g/mol. The number of aryl methyl sites for hydroxylation is 1. The Bertz CT molecular complexity index is 487. The Hall–Kier alpha value is -1.40. The van der Waals surface area contributed by atoms with E-state index in [1.807, 2.05) is 36.6 Å². The molecule has 2 unspecified atom stereocenters. The molecule has 1 amide bonds. The number of nitrogens with zero attached hydrogens (tertiary/aromatic N) is 3. The van der Waals surface area contributed by atoms with E-state index in [2.05, 4.69) is 4.98 Å². The zero-order valence-corrected chi connectivity index (χ0v) is 13.7. The summed E-state index contributed by atoms with van der Waals surface area (Å²) in [5, 5.41) is 10.5. The smallest absolute Gasteiger partial charge is 0.224 e. The number of piperidine rings is 1. The monoisotopic (exact) mass is 309 g/mol. The van der Waals surface area contributed by atoms with Crippen molar-refractivity contribution in [1.29, 1.82) is 0 Å². The van der Waals surface area contributed by atoms with Crippen molar-refractivity contribution in [2.75, 3.05) is 19.7 Å². The summed E-state index contributed by atoms with van der Waals surface area (Å²) in [5.41, 5.74) is 0. The Morgan fingerprint density at radius 3 is 2.95 bits per heavy atom. The van der Waals surface area contributed by atoms with Crippen molar-refractivity contribution < 1.29 is 14.6 Å². The fourth-order valence-corrected chi connectivity index (χ4v) is 2.91. The van der Waals surface area contributed by atoms with Crippen LogP contribution < -0.4 is 0 Å². The third-order valence-electron chi connectivity index (χ3n) is 4.15. The molecule has 0 bridgehead atoms. The Morgan fingerprint density at radius 1 is 1.55 bits per heavy atom. The fraction of sp³-hybridized carbons (Fsp3) is 0.750. The van der Waals surface area contributed by atoms with E-state index >= 15 is 0 Å². The van der Waals surface area contributed by atoms with Gasteiger partial charge in [-0.25, -0.2) is 4.98 Å². The van der Waals surface area contributed by atoms with Gasteiger partial charge in [0.05, 0.1) is 19.1 Å². The van der Waals surface area contributed by atoms with E-state index in [1.165, 1.54) is 0 Å². The molecule has 6 heteroatoms. The number of ether oxygens (including phenoxy) is 1. The van der Waals surface area contributed by atoms with Gasteiger partial charge in [0.25, 0.3) is 0 Å². The van der Waals surface area contributed by atoms with Crippen LogP contribution in [-0.2, 0) is 16.6 Å². The first-order valence-electron chi connectivity index (χ1n) is 8.03. The van der Waals surface area contributed by atoms with Crippen molar-refractivity contribution in [3.05, 3.63) is 18.2 Å². The van der Waals surface area contributed by atoms with Crippen LogP contribution in [0.25, 0.3) is 0 Å². The van der Waals surface area contributed by atoms with Crippen molar-refractivity contribution in [3.63, 3.8) is 0 Å². The summed E-state index contributed by atoms with van der Waals surface area (Å²) in [4.78, 5) is 18.3. The Balaban J connectivity index is 1.88. The predicted molar refractivity (Wildman–Crippen MR) is 83.2 cm³/mol. The van der Waals surface area contributed by atoms with E-state index in [0.717, 1.165) is 19.4 Å². The first-order valence-corrected chi connectivity index (χ1v) is 8.03. The quantitative estimate of drug-likeness (QED) is 0.865. The lowest BCUT2D eigenvalue weighted by Crippen LogP contribution is -2.42. The highest BCUT2D eigenvalue weighted by Crippen LogP contribution is 2.28. The number of aliphatic hydroxyl groups is 1. The second-order valence-electron chi connectivity index (χ2n) is 6.25. The normalized spacial score (nSPS) is 20.4. The van der Waals surface area contributed by atoms with Crippen LogP contribution in [0.2, 0.25) is 0 Å². The van der Waals surface area contributed by atoms with Crippen molar-refractivity contribution in [1.82, 2.24) is 14.5 Å². The molecular weight excluding hydrogens is 282 g/mol. The maximum atomic E-state index is 12.2. The van der Waals surface area contributed by atoms with Crippen LogP contribution in [0.15, 0.2) is 12.4 Å². The molecule has 1 saturated heterocycles. The van der Waals surface area contributed by atoms with E-state index in [9.17, 15) is 9.90 Å². The van der Waals surface area contributed by atoms with E-state index in [1.54, 1.807) is 6.20 Å². The first kappa shape index (κ1) is 17.0. The van der Waals surface area contributed by atoms with Crippen molar-refractivity contribution in [2.24, 2.45) is 13.0 Å². The number of likely N-dealkylation sites (tertiary alicyclic amines) is 1. The molecule has 1 aliphatic heterocycles. The lowest BCUT2D eigenvalue weighted by atomic mass is 9.92.